The third-order valence-corrected chi connectivity index (χ3v) is 1.23. The lowest BCUT2D eigenvalue weighted by atomic mass is 10.3. The second-order valence-corrected chi connectivity index (χ2v) is 1.77. The van der Waals surface area contributed by atoms with Crippen LogP contribution in [0.5, 0.6) is 0 Å². The first-order valence-electron chi connectivity index (χ1n) is 2.92. The Morgan fingerprint density at radius 2 is 2.62 bits per heavy atom. The van der Waals surface area contributed by atoms with E-state index in [9.17, 15) is 0 Å². The van der Waals surface area contributed by atoms with Crippen LogP contribution in [0.15, 0.2) is 18.4 Å². The van der Waals surface area contributed by atoms with Gasteiger partial charge in [0.15, 0.2) is 0 Å². The summed E-state index contributed by atoms with van der Waals surface area (Å²) in [4.78, 5) is 2.22. The quantitative estimate of drug-likeness (QED) is 0.487. The molecule has 0 atom stereocenters. The van der Waals surface area contributed by atoms with E-state index in [0.29, 0.717) is 0 Å². The fourth-order valence-electron chi connectivity index (χ4n) is 0.682. The summed E-state index contributed by atoms with van der Waals surface area (Å²) < 4.78 is 0. The predicted molar refractivity (Wildman–Crippen MR) is 34.2 cm³/mol. The molecule has 0 N–H and O–H groups in total. The van der Waals surface area contributed by atoms with Crippen LogP contribution in [0.25, 0.3) is 0 Å². The molecule has 1 nitrogen and oxygen atoms in total. The van der Waals surface area contributed by atoms with Crippen LogP contribution in [0, 0.1) is 6.08 Å². The third kappa shape index (κ3) is 1.12. The van der Waals surface area contributed by atoms with Crippen LogP contribution >= 0.6 is 0 Å². The van der Waals surface area contributed by atoms with Crippen LogP contribution < -0.4 is 0 Å². The van der Waals surface area contributed by atoms with Gasteiger partial charge in [0.25, 0.3) is 0 Å². The summed E-state index contributed by atoms with van der Waals surface area (Å²) in [6, 6.07) is 0. The molecule has 0 aliphatic carbocycles. The number of likely N-dealkylation sites (N-methyl/N-ethyl adjacent to an activating group) is 1. The lowest BCUT2D eigenvalue weighted by Gasteiger charge is -2.16. The highest BCUT2D eigenvalue weighted by atomic mass is 15.1. The Labute approximate surface area is 50.3 Å². The summed E-state index contributed by atoms with van der Waals surface area (Å²) in [7, 11) is 0. The van der Waals surface area contributed by atoms with E-state index >= 15 is 0 Å². The molecule has 0 aromatic heterocycles. The third-order valence-electron chi connectivity index (χ3n) is 1.23. The van der Waals surface area contributed by atoms with Gasteiger partial charge >= 0.3 is 0 Å². The van der Waals surface area contributed by atoms with Gasteiger partial charge in [0.1, 0.15) is 0 Å². The van der Waals surface area contributed by atoms with Crippen molar-refractivity contribution in [3.05, 3.63) is 24.4 Å². The zero-order valence-corrected chi connectivity index (χ0v) is 5.09. The van der Waals surface area contributed by atoms with Crippen molar-refractivity contribution in [3.63, 3.8) is 0 Å². The standard InChI is InChI=1S/C7H10N/c1-2-8-6-4-3-5-7-8/h4-6H,2,7H2,1H3. The largest absolute Gasteiger partial charge is 0.374 e. The maximum atomic E-state index is 3.00. The molecule has 1 heterocycles. The lowest BCUT2D eigenvalue weighted by molar-refractivity contribution is 0.435. The van der Waals surface area contributed by atoms with Crippen LogP contribution in [-0.2, 0) is 0 Å². The van der Waals surface area contributed by atoms with Crippen molar-refractivity contribution in [2.45, 2.75) is 6.92 Å². The van der Waals surface area contributed by atoms with E-state index in [-0.39, 0.29) is 0 Å². The molecule has 0 fully saturated rings. The fourth-order valence-corrected chi connectivity index (χ4v) is 0.682. The molecule has 1 aliphatic heterocycles. The zero-order chi connectivity index (χ0) is 5.82. The minimum atomic E-state index is 1.02. The molecule has 0 aromatic rings. The van der Waals surface area contributed by atoms with Crippen LogP contribution in [0.3, 0.4) is 0 Å². The minimum absolute atomic E-state index is 1.02. The van der Waals surface area contributed by atoms with Crippen molar-refractivity contribution >= 4 is 0 Å². The van der Waals surface area contributed by atoms with Crippen molar-refractivity contribution in [1.82, 2.24) is 4.90 Å². The van der Waals surface area contributed by atoms with Crippen LogP contribution in [0.2, 0.25) is 0 Å². The Hall–Kier alpha value is -0.720. The maximum Gasteiger partial charge on any atom is 0.0362 e. The van der Waals surface area contributed by atoms with Crippen molar-refractivity contribution in [1.29, 1.82) is 0 Å². The van der Waals surface area contributed by atoms with Crippen molar-refractivity contribution in [2.75, 3.05) is 13.1 Å². The summed E-state index contributed by atoms with van der Waals surface area (Å²) in [5.41, 5.74) is 0. The minimum Gasteiger partial charge on any atom is -0.374 e. The average molecular weight is 108 g/mol. The zero-order valence-electron chi connectivity index (χ0n) is 5.09. The smallest absolute Gasteiger partial charge is 0.0362 e. The van der Waals surface area contributed by atoms with Gasteiger partial charge in [-0.1, -0.05) is 6.08 Å². The summed E-state index contributed by atoms with van der Waals surface area (Å²) in [6.07, 6.45) is 9.03. The van der Waals surface area contributed by atoms with Crippen LogP contribution in [-0.4, -0.2) is 18.0 Å². The second-order valence-electron chi connectivity index (χ2n) is 1.77. The van der Waals surface area contributed by atoms with E-state index in [0.717, 1.165) is 13.1 Å². The number of hydrogen-bond acceptors (Lipinski definition) is 1. The van der Waals surface area contributed by atoms with Crippen LogP contribution in [0.4, 0.5) is 0 Å². The number of nitrogens with zero attached hydrogens (tertiary/aromatic N) is 1. The molecular formula is C7H10N. The van der Waals surface area contributed by atoms with Gasteiger partial charge in [-0.2, -0.15) is 0 Å². The molecule has 0 saturated carbocycles. The van der Waals surface area contributed by atoms with Gasteiger partial charge in [-0.05, 0) is 25.3 Å². The van der Waals surface area contributed by atoms with Crippen LogP contribution in [0.1, 0.15) is 6.92 Å². The second kappa shape index (κ2) is 2.55. The van der Waals surface area contributed by atoms with E-state index < -0.39 is 0 Å². The fraction of sp³-hybridized carbons (Fsp3) is 0.429. The summed E-state index contributed by atoms with van der Waals surface area (Å²) >= 11 is 0. The van der Waals surface area contributed by atoms with Crippen molar-refractivity contribution in [3.8, 4) is 0 Å². The Balaban J connectivity index is 2.40. The molecule has 0 amide bonds. The Morgan fingerprint density at radius 3 is 3.00 bits per heavy atom. The molecule has 43 valence electrons. The van der Waals surface area contributed by atoms with Crippen molar-refractivity contribution < 1.29 is 0 Å². The van der Waals surface area contributed by atoms with E-state index in [2.05, 4.69) is 24.1 Å². The van der Waals surface area contributed by atoms with Gasteiger partial charge in [0.2, 0.25) is 0 Å². The Kier molecular flexibility index (Phi) is 1.73. The van der Waals surface area contributed by atoms with Gasteiger partial charge in [-0.25, -0.2) is 0 Å². The molecular weight excluding hydrogens is 98.1 g/mol. The van der Waals surface area contributed by atoms with Gasteiger partial charge in [-0.3, -0.25) is 0 Å². The molecule has 0 saturated heterocycles. The molecule has 1 aliphatic rings. The highest BCUT2D eigenvalue weighted by Crippen LogP contribution is 1.94. The predicted octanol–water partition coefficient (Wildman–Crippen LogP) is 1.19. The monoisotopic (exact) mass is 108 g/mol. The van der Waals surface area contributed by atoms with E-state index in [4.69, 9.17) is 0 Å². The van der Waals surface area contributed by atoms with E-state index in [1.807, 2.05) is 12.2 Å². The summed E-state index contributed by atoms with van der Waals surface area (Å²) in [5, 5.41) is 0. The van der Waals surface area contributed by atoms with E-state index in [1.54, 1.807) is 0 Å². The maximum absolute atomic E-state index is 3.00. The molecule has 1 rings (SSSR count). The number of allylic oxidation sites excluding steroid dienone is 2. The number of rotatable bonds is 1. The molecule has 0 bridgehead atoms. The highest BCUT2D eigenvalue weighted by molar-refractivity contribution is 5.01. The van der Waals surface area contributed by atoms with Gasteiger partial charge in [0.05, 0.1) is 0 Å². The summed E-state index contributed by atoms with van der Waals surface area (Å²) in [5.74, 6) is 0. The molecule has 8 heavy (non-hydrogen) atoms. The lowest BCUT2D eigenvalue weighted by Crippen LogP contribution is -2.17. The molecule has 1 heteroatoms. The molecule has 0 spiro atoms. The normalized spacial score (nSPS) is 17.4. The number of hydrogen-bond donors (Lipinski definition) is 0. The first kappa shape index (κ1) is 5.42. The SMILES string of the molecule is CCN1C=C[C]=CC1. The van der Waals surface area contributed by atoms with Crippen molar-refractivity contribution in [2.24, 2.45) is 0 Å². The Bertz CT molecular complexity index is 114. The highest BCUT2D eigenvalue weighted by Gasteiger charge is 1.92. The summed E-state index contributed by atoms with van der Waals surface area (Å²) in [6.45, 7) is 4.26. The Morgan fingerprint density at radius 1 is 1.75 bits per heavy atom. The molecule has 0 unspecified atom stereocenters. The van der Waals surface area contributed by atoms with Gasteiger partial charge in [0, 0.05) is 13.1 Å². The van der Waals surface area contributed by atoms with Gasteiger partial charge in [-0.15, -0.1) is 0 Å². The molecule has 0 aromatic carbocycles. The first-order chi connectivity index (χ1) is 3.93. The van der Waals surface area contributed by atoms with E-state index in [1.165, 1.54) is 0 Å². The molecule has 1 radical (unpaired) electrons. The topological polar surface area (TPSA) is 3.24 Å². The average Bonchev–Trinajstić information content (AvgIpc) is 1.90. The van der Waals surface area contributed by atoms with Gasteiger partial charge < -0.3 is 4.90 Å². The first-order valence-corrected chi connectivity index (χ1v) is 2.92.